The van der Waals surface area contributed by atoms with Gasteiger partial charge >= 0.3 is 0 Å². The van der Waals surface area contributed by atoms with Crippen LogP contribution in [0.5, 0.6) is 0 Å². The number of unbranched alkanes of at least 4 members (excludes halogenated alkanes) is 1. The summed E-state index contributed by atoms with van der Waals surface area (Å²) in [4.78, 5) is 13.0. The zero-order chi connectivity index (χ0) is 12.4. The van der Waals surface area contributed by atoms with Crippen molar-refractivity contribution in [3.63, 3.8) is 0 Å². The Morgan fingerprint density at radius 3 is 2.62 bits per heavy atom. The minimum absolute atomic E-state index is 0.159. The Morgan fingerprint density at radius 1 is 1.38 bits per heavy atom. The molecule has 0 aliphatic carbocycles. The Hall–Kier alpha value is -0.610. The minimum Gasteiger partial charge on any atom is -0.380 e. The van der Waals surface area contributed by atoms with Crippen LogP contribution in [0.4, 0.5) is 0 Å². The summed E-state index contributed by atoms with van der Waals surface area (Å²) in [6.07, 6.45) is 2.83. The highest BCUT2D eigenvalue weighted by atomic mass is 16.5. The van der Waals surface area contributed by atoms with E-state index in [0.29, 0.717) is 6.42 Å². The number of nitrogens with zero attached hydrogens (tertiary/aromatic N) is 1. The van der Waals surface area contributed by atoms with Crippen molar-refractivity contribution in [2.24, 2.45) is 0 Å². The van der Waals surface area contributed by atoms with E-state index in [-0.39, 0.29) is 11.9 Å². The number of amides is 1. The van der Waals surface area contributed by atoms with E-state index in [9.17, 15) is 4.79 Å². The molecule has 0 heterocycles. The van der Waals surface area contributed by atoms with Gasteiger partial charge in [0.25, 0.3) is 0 Å². The zero-order valence-electron chi connectivity index (χ0n) is 11.1. The van der Waals surface area contributed by atoms with Gasteiger partial charge in [-0.05, 0) is 13.3 Å². The second-order valence-corrected chi connectivity index (χ2v) is 4.31. The Labute approximate surface area is 99.3 Å². The SMILES string of the molecule is CCCCOCCNC(C)CC(=O)N(C)C. The fourth-order valence-electron chi connectivity index (χ4n) is 1.24. The molecule has 0 radical (unpaired) electrons. The van der Waals surface area contributed by atoms with E-state index in [4.69, 9.17) is 4.74 Å². The lowest BCUT2D eigenvalue weighted by atomic mass is 10.2. The maximum atomic E-state index is 11.4. The number of carbonyl (C=O) groups excluding carboxylic acids is 1. The largest absolute Gasteiger partial charge is 0.380 e. The Bertz CT molecular complexity index is 184. The Balaban J connectivity index is 3.37. The van der Waals surface area contributed by atoms with Crippen molar-refractivity contribution >= 4 is 5.91 Å². The second kappa shape index (κ2) is 9.60. The molecule has 96 valence electrons. The molecule has 1 N–H and O–H groups in total. The van der Waals surface area contributed by atoms with Crippen molar-refractivity contribution in [2.45, 2.75) is 39.2 Å². The molecule has 4 nitrogen and oxygen atoms in total. The van der Waals surface area contributed by atoms with Crippen LogP contribution in [-0.4, -0.2) is 50.7 Å². The van der Waals surface area contributed by atoms with Gasteiger partial charge in [0.05, 0.1) is 6.61 Å². The van der Waals surface area contributed by atoms with Gasteiger partial charge in [-0.15, -0.1) is 0 Å². The van der Waals surface area contributed by atoms with Crippen LogP contribution >= 0.6 is 0 Å². The van der Waals surface area contributed by atoms with Gasteiger partial charge < -0.3 is 15.0 Å². The van der Waals surface area contributed by atoms with Gasteiger partial charge in [0, 0.05) is 39.7 Å². The molecule has 0 bridgehead atoms. The smallest absolute Gasteiger partial charge is 0.223 e. The highest BCUT2D eigenvalue weighted by Gasteiger charge is 2.09. The molecule has 1 atom stereocenters. The third-order valence-electron chi connectivity index (χ3n) is 2.36. The summed E-state index contributed by atoms with van der Waals surface area (Å²) < 4.78 is 5.42. The number of hydrogen-bond acceptors (Lipinski definition) is 3. The molecule has 16 heavy (non-hydrogen) atoms. The topological polar surface area (TPSA) is 41.6 Å². The number of hydrogen-bond donors (Lipinski definition) is 1. The standard InChI is InChI=1S/C12H26N2O2/c1-5-6-8-16-9-7-13-11(2)10-12(15)14(3)4/h11,13H,5-10H2,1-4H3. The van der Waals surface area contributed by atoms with Gasteiger partial charge in [0.1, 0.15) is 0 Å². The molecule has 1 unspecified atom stereocenters. The van der Waals surface area contributed by atoms with Crippen molar-refractivity contribution in [2.75, 3.05) is 33.9 Å². The van der Waals surface area contributed by atoms with E-state index in [1.54, 1.807) is 19.0 Å². The zero-order valence-corrected chi connectivity index (χ0v) is 11.1. The van der Waals surface area contributed by atoms with Crippen LogP contribution in [0.25, 0.3) is 0 Å². The molecule has 0 aromatic heterocycles. The van der Waals surface area contributed by atoms with Crippen LogP contribution in [0.15, 0.2) is 0 Å². The highest BCUT2D eigenvalue weighted by Crippen LogP contribution is 1.94. The summed E-state index contributed by atoms with van der Waals surface area (Å²) in [5.74, 6) is 0.159. The first-order valence-electron chi connectivity index (χ1n) is 6.09. The predicted octanol–water partition coefficient (Wildman–Crippen LogP) is 1.26. The predicted molar refractivity (Wildman–Crippen MR) is 66.5 cm³/mol. The maximum absolute atomic E-state index is 11.4. The quantitative estimate of drug-likeness (QED) is 0.606. The molecule has 0 aliphatic heterocycles. The molecule has 0 spiro atoms. The van der Waals surface area contributed by atoms with Crippen LogP contribution in [-0.2, 0) is 9.53 Å². The van der Waals surface area contributed by atoms with Crippen molar-refractivity contribution in [1.82, 2.24) is 10.2 Å². The Morgan fingerprint density at radius 2 is 2.06 bits per heavy atom. The van der Waals surface area contributed by atoms with Crippen molar-refractivity contribution in [3.05, 3.63) is 0 Å². The molecule has 0 rings (SSSR count). The lowest BCUT2D eigenvalue weighted by Gasteiger charge is -2.16. The molecule has 0 saturated heterocycles. The maximum Gasteiger partial charge on any atom is 0.223 e. The van der Waals surface area contributed by atoms with Gasteiger partial charge in [0.2, 0.25) is 5.91 Å². The molecule has 4 heteroatoms. The summed E-state index contributed by atoms with van der Waals surface area (Å²) in [5, 5.41) is 3.27. The lowest BCUT2D eigenvalue weighted by molar-refractivity contribution is -0.129. The van der Waals surface area contributed by atoms with Crippen LogP contribution < -0.4 is 5.32 Å². The van der Waals surface area contributed by atoms with E-state index < -0.39 is 0 Å². The van der Waals surface area contributed by atoms with Gasteiger partial charge in [-0.1, -0.05) is 13.3 Å². The van der Waals surface area contributed by atoms with E-state index in [0.717, 1.165) is 26.2 Å². The van der Waals surface area contributed by atoms with E-state index in [1.165, 1.54) is 6.42 Å². The molecule has 0 saturated carbocycles. The van der Waals surface area contributed by atoms with Crippen LogP contribution in [0, 0.1) is 0 Å². The van der Waals surface area contributed by atoms with Crippen LogP contribution in [0.1, 0.15) is 33.1 Å². The molecular formula is C12H26N2O2. The van der Waals surface area contributed by atoms with Gasteiger partial charge in [-0.2, -0.15) is 0 Å². The van der Waals surface area contributed by atoms with Gasteiger partial charge in [0.15, 0.2) is 0 Å². The number of ether oxygens (including phenoxy) is 1. The first kappa shape index (κ1) is 15.4. The fraction of sp³-hybridized carbons (Fsp3) is 0.917. The van der Waals surface area contributed by atoms with E-state index in [2.05, 4.69) is 12.2 Å². The third kappa shape index (κ3) is 8.68. The van der Waals surface area contributed by atoms with Crippen LogP contribution in [0.3, 0.4) is 0 Å². The summed E-state index contributed by atoms with van der Waals surface area (Å²) in [6, 6.07) is 0.213. The van der Waals surface area contributed by atoms with Crippen molar-refractivity contribution < 1.29 is 9.53 Å². The monoisotopic (exact) mass is 230 g/mol. The average molecular weight is 230 g/mol. The first-order valence-corrected chi connectivity index (χ1v) is 6.09. The average Bonchev–Trinajstić information content (AvgIpc) is 2.23. The third-order valence-corrected chi connectivity index (χ3v) is 2.36. The summed E-state index contributed by atoms with van der Waals surface area (Å²) in [7, 11) is 3.56. The second-order valence-electron chi connectivity index (χ2n) is 4.31. The van der Waals surface area contributed by atoms with Crippen LogP contribution in [0.2, 0.25) is 0 Å². The van der Waals surface area contributed by atoms with Gasteiger partial charge in [-0.25, -0.2) is 0 Å². The summed E-state index contributed by atoms with van der Waals surface area (Å²) in [5.41, 5.74) is 0. The fourth-order valence-corrected chi connectivity index (χ4v) is 1.24. The number of carbonyl (C=O) groups is 1. The molecule has 1 amide bonds. The molecular weight excluding hydrogens is 204 g/mol. The molecule has 0 fully saturated rings. The molecule has 0 aromatic rings. The minimum atomic E-state index is 0.159. The summed E-state index contributed by atoms with van der Waals surface area (Å²) in [6.45, 7) is 6.54. The lowest BCUT2D eigenvalue weighted by Crippen LogP contribution is -2.35. The van der Waals surface area contributed by atoms with E-state index >= 15 is 0 Å². The van der Waals surface area contributed by atoms with Gasteiger partial charge in [-0.3, -0.25) is 4.79 Å². The Kier molecular flexibility index (Phi) is 9.24. The number of rotatable bonds is 9. The van der Waals surface area contributed by atoms with Crippen molar-refractivity contribution in [1.29, 1.82) is 0 Å². The number of nitrogens with one attached hydrogen (secondary N) is 1. The van der Waals surface area contributed by atoms with E-state index in [1.807, 2.05) is 6.92 Å². The summed E-state index contributed by atoms with van der Waals surface area (Å²) >= 11 is 0. The normalized spacial score (nSPS) is 12.5. The van der Waals surface area contributed by atoms with Crippen molar-refractivity contribution in [3.8, 4) is 0 Å². The molecule has 0 aromatic carbocycles. The first-order chi connectivity index (χ1) is 7.57. The molecule has 0 aliphatic rings. The highest BCUT2D eigenvalue weighted by molar-refractivity contribution is 5.76.